The molecule has 1 unspecified atom stereocenters. The van der Waals surface area contributed by atoms with Crippen LogP contribution < -0.4 is 4.74 Å². The quantitative estimate of drug-likeness (QED) is 0.712. The van der Waals surface area contributed by atoms with E-state index in [2.05, 4.69) is 56.6 Å². The van der Waals surface area contributed by atoms with Crippen LogP contribution in [-0.4, -0.2) is 42.6 Å². The molecule has 3 nitrogen and oxygen atoms in total. The predicted molar refractivity (Wildman–Crippen MR) is 98.2 cm³/mol. The molecule has 0 bridgehead atoms. The van der Waals surface area contributed by atoms with Crippen LogP contribution in [0.3, 0.4) is 0 Å². The lowest BCUT2D eigenvalue weighted by Gasteiger charge is -2.36. The minimum absolute atomic E-state index is 0.500. The van der Waals surface area contributed by atoms with Crippen molar-refractivity contribution in [2.45, 2.75) is 60.0 Å². The molecule has 1 aliphatic rings. The molecule has 1 atom stereocenters. The van der Waals surface area contributed by atoms with Crippen molar-refractivity contribution in [1.82, 2.24) is 9.80 Å². The second kappa shape index (κ2) is 8.70. The van der Waals surface area contributed by atoms with Gasteiger partial charge < -0.3 is 4.74 Å². The van der Waals surface area contributed by atoms with Crippen LogP contribution in [0.25, 0.3) is 0 Å². The van der Waals surface area contributed by atoms with Crippen LogP contribution in [0.4, 0.5) is 0 Å². The number of fused-ring (bicyclic) bond motifs is 1. The van der Waals surface area contributed by atoms with Crippen LogP contribution in [0.5, 0.6) is 5.75 Å². The minimum atomic E-state index is 0.500. The van der Waals surface area contributed by atoms with Gasteiger partial charge in [-0.15, -0.1) is 0 Å². The number of benzene rings is 1. The van der Waals surface area contributed by atoms with E-state index in [4.69, 9.17) is 4.74 Å². The Morgan fingerprint density at radius 3 is 2.52 bits per heavy atom. The van der Waals surface area contributed by atoms with Crippen LogP contribution in [-0.2, 0) is 13.0 Å². The maximum atomic E-state index is 5.99. The first-order valence-corrected chi connectivity index (χ1v) is 9.39. The first-order valence-electron chi connectivity index (χ1n) is 9.39. The lowest BCUT2D eigenvalue weighted by Crippen LogP contribution is -2.34. The molecule has 0 amide bonds. The summed E-state index contributed by atoms with van der Waals surface area (Å²) < 4.78 is 5.99. The molecule has 1 heterocycles. The summed E-state index contributed by atoms with van der Waals surface area (Å²) in [6.45, 7) is 17.4. The van der Waals surface area contributed by atoms with Crippen LogP contribution in [0, 0.1) is 0 Å². The fourth-order valence-electron chi connectivity index (χ4n) is 3.65. The molecule has 0 aliphatic carbocycles. The molecule has 1 aromatic rings. The lowest BCUT2D eigenvalue weighted by atomic mass is 9.91. The smallest absolute Gasteiger partial charge is 0.124 e. The second-order valence-corrected chi connectivity index (χ2v) is 6.52. The molecule has 0 saturated carbocycles. The molecular formula is C20H34N2O. The third-order valence-corrected chi connectivity index (χ3v) is 5.09. The Hall–Kier alpha value is -1.06. The van der Waals surface area contributed by atoms with Crippen molar-refractivity contribution in [3.63, 3.8) is 0 Å². The van der Waals surface area contributed by atoms with Gasteiger partial charge in [0.2, 0.25) is 0 Å². The van der Waals surface area contributed by atoms with Gasteiger partial charge in [-0.3, -0.25) is 9.80 Å². The van der Waals surface area contributed by atoms with E-state index in [1.807, 2.05) is 0 Å². The monoisotopic (exact) mass is 318 g/mol. The van der Waals surface area contributed by atoms with Gasteiger partial charge in [0.25, 0.3) is 0 Å². The Labute approximate surface area is 142 Å². The summed E-state index contributed by atoms with van der Waals surface area (Å²) in [4.78, 5) is 5.06. The maximum Gasteiger partial charge on any atom is 0.124 e. The molecular weight excluding hydrogens is 284 g/mol. The minimum Gasteiger partial charge on any atom is -0.494 e. The van der Waals surface area contributed by atoms with Gasteiger partial charge in [0.05, 0.1) is 6.61 Å². The average molecular weight is 319 g/mol. The van der Waals surface area contributed by atoms with Gasteiger partial charge in [0.1, 0.15) is 5.75 Å². The van der Waals surface area contributed by atoms with Crippen molar-refractivity contribution in [1.29, 1.82) is 0 Å². The topological polar surface area (TPSA) is 15.7 Å². The molecule has 23 heavy (non-hydrogen) atoms. The fraction of sp³-hybridized carbons (Fsp3) is 0.700. The first kappa shape index (κ1) is 18.3. The van der Waals surface area contributed by atoms with Gasteiger partial charge in [-0.2, -0.15) is 0 Å². The standard InChI is InChI=1S/C20H34N2O/c1-6-11-22-12-10-17-13-18(15-21(7-2)8-3)20(23-9-4)14-19(17)16(22)5/h13-14,16H,6-12,15H2,1-5H3. The van der Waals surface area contributed by atoms with E-state index in [9.17, 15) is 0 Å². The highest BCUT2D eigenvalue weighted by molar-refractivity contribution is 5.45. The molecule has 1 aliphatic heterocycles. The van der Waals surface area contributed by atoms with Crippen molar-refractivity contribution in [2.24, 2.45) is 0 Å². The Bertz CT molecular complexity index is 497. The highest BCUT2D eigenvalue weighted by Gasteiger charge is 2.25. The zero-order chi connectivity index (χ0) is 16.8. The molecule has 1 aromatic carbocycles. The molecule has 2 rings (SSSR count). The third kappa shape index (κ3) is 4.27. The number of ether oxygens (including phenoxy) is 1. The van der Waals surface area contributed by atoms with E-state index in [0.29, 0.717) is 6.04 Å². The molecule has 0 radical (unpaired) electrons. The molecule has 0 N–H and O–H groups in total. The molecule has 3 heteroatoms. The summed E-state index contributed by atoms with van der Waals surface area (Å²) in [6, 6.07) is 5.24. The third-order valence-electron chi connectivity index (χ3n) is 5.09. The van der Waals surface area contributed by atoms with Crippen LogP contribution in [0.2, 0.25) is 0 Å². The van der Waals surface area contributed by atoms with Gasteiger partial charge in [0.15, 0.2) is 0 Å². The zero-order valence-electron chi connectivity index (χ0n) is 15.7. The van der Waals surface area contributed by atoms with Crippen molar-refractivity contribution >= 4 is 0 Å². The van der Waals surface area contributed by atoms with E-state index in [1.165, 1.54) is 36.2 Å². The van der Waals surface area contributed by atoms with Gasteiger partial charge >= 0.3 is 0 Å². The van der Waals surface area contributed by atoms with Gasteiger partial charge in [-0.1, -0.05) is 26.8 Å². The SMILES string of the molecule is CCCN1CCc2cc(CN(CC)CC)c(OCC)cc2C1C. The Kier molecular flexibility index (Phi) is 6.91. The molecule has 0 saturated heterocycles. The molecule has 0 spiro atoms. The Morgan fingerprint density at radius 1 is 1.17 bits per heavy atom. The predicted octanol–water partition coefficient (Wildman–Crippen LogP) is 4.26. The van der Waals surface area contributed by atoms with E-state index in [0.717, 1.165) is 38.4 Å². The van der Waals surface area contributed by atoms with Crippen molar-refractivity contribution in [3.05, 3.63) is 28.8 Å². The normalized spacial score (nSPS) is 18.3. The van der Waals surface area contributed by atoms with Gasteiger partial charge in [-0.25, -0.2) is 0 Å². The number of rotatable bonds is 8. The second-order valence-electron chi connectivity index (χ2n) is 6.52. The van der Waals surface area contributed by atoms with Gasteiger partial charge in [-0.05, 0) is 63.5 Å². The molecule has 0 aromatic heterocycles. The maximum absolute atomic E-state index is 5.99. The largest absolute Gasteiger partial charge is 0.494 e. The van der Waals surface area contributed by atoms with E-state index in [1.54, 1.807) is 0 Å². The summed E-state index contributed by atoms with van der Waals surface area (Å²) >= 11 is 0. The fourth-order valence-corrected chi connectivity index (χ4v) is 3.65. The van der Waals surface area contributed by atoms with Crippen LogP contribution >= 0.6 is 0 Å². The number of hydrogen-bond donors (Lipinski definition) is 0. The summed E-state index contributed by atoms with van der Waals surface area (Å²) in [7, 11) is 0. The van der Waals surface area contributed by atoms with E-state index >= 15 is 0 Å². The van der Waals surface area contributed by atoms with E-state index in [-0.39, 0.29) is 0 Å². The van der Waals surface area contributed by atoms with Crippen molar-refractivity contribution in [3.8, 4) is 5.75 Å². The number of hydrogen-bond acceptors (Lipinski definition) is 3. The van der Waals surface area contributed by atoms with E-state index < -0.39 is 0 Å². The highest BCUT2D eigenvalue weighted by Crippen LogP contribution is 2.35. The van der Waals surface area contributed by atoms with Gasteiger partial charge in [0, 0.05) is 24.7 Å². The highest BCUT2D eigenvalue weighted by atomic mass is 16.5. The summed E-state index contributed by atoms with van der Waals surface area (Å²) in [5.41, 5.74) is 4.34. The Balaban J connectivity index is 2.32. The Morgan fingerprint density at radius 2 is 1.91 bits per heavy atom. The molecule has 130 valence electrons. The first-order chi connectivity index (χ1) is 11.1. The van der Waals surface area contributed by atoms with Crippen molar-refractivity contribution in [2.75, 3.05) is 32.8 Å². The zero-order valence-corrected chi connectivity index (χ0v) is 15.7. The summed E-state index contributed by atoms with van der Waals surface area (Å²) in [6.07, 6.45) is 2.38. The molecule has 0 fully saturated rings. The van der Waals surface area contributed by atoms with Crippen LogP contribution in [0.1, 0.15) is 63.8 Å². The lowest BCUT2D eigenvalue weighted by molar-refractivity contribution is 0.198. The summed E-state index contributed by atoms with van der Waals surface area (Å²) in [5.74, 6) is 1.09. The average Bonchev–Trinajstić information content (AvgIpc) is 2.56. The number of nitrogens with zero attached hydrogens (tertiary/aromatic N) is 2. The summed E-state index contributed by atoms with van der Waals surface area (Å²) in [5, 5.41) is 0. The van der Waals surface area contributed by atoms with Crippen molar-refractivity contribution < 1.29 is 4.74 Å². The van der Waals surface area contributed by atoms with Crippen LogP contribution in [0.15, 0.2) is 12.1 Å².